The van der Waals surface area contributed by atoms with Crippen LogP contribution in [0.1, 0.15) is 15.3 Å². The van der Waals surface area contributed by atoms with Crippen LogP contribution in [0.15, 0.2) is 44.7 Å². The summed E-state index contributed by atoms with van der Waals surface area (Å²) < 4.78 is 2.28. The van der Waals surface area contributed by atoms with Gasteiger partial charge in [-0.15, -0.1) is 11.3 Å². The molecule has 1 atom stereocenters. The van der Waals surface area contributed by atoms with Gasteiger partial charge in [0.15, 0.2) is 0 Å². The minimum Gasteiger partial charge on any atom is -0.132 e. The van der Waals surface area contributed by atoms with E-state index in [1.807, 2.05) is 6.07 Å². The van der Waals surface area contributed by atoms with Gasteiger partial charge in [-0.3, -0.25) is 0 Å². The fourth-order valence-corrected chi connectivity index (χ4v) is 3.86. The van der Waals surface area contributed by atoms with Gasteiger partial charge in [-0.25, -0.2) is 0 Å². The van der Waals surface area contributed by atoms with Crippen molar-refractivity contribution in [3.05, 3.63) is 55.1 Å². The molecule has 0 aliphatic heterocycles. The molecule has 0 nitrogen and oxygen atoms in total. The first kappa shape index (κ1) is 11.8. The van der Waals surface area contributed by atoms with Crippen molar-refractivity contribution in [2.75, 3.05) is 0 Å². The summed E-state index contributed by atoms with van der Waals surface area (Å²) in [5.41, 5.74) is 1.26. The van der Waals surface area contributed by atoms with E-state index in [0.29, 0.717) is 0 Å². The molecule has 15 heavy (non-hydrogen) atoms. The molecule has 4 heteroatoms. The predicted molar refractivity (Wildman–Crippen MR) is 76.9 cm³/mol. The van der Waals surface area contributed by atoms with Crippen LogP contribution >= 0.6 is 59.1 Å². The molecule has 78 valence electrons. The highest BCUT2D eigenvalue weighted by Crippen LogP contribution is 2.37. The fourth-order valence-electron chi connectivity index (χ4n) is 1.29. The maximum absolute atomic E-state index is 3.71. The number of rotatable bonds is 2. The van der Waals surface area contributed by atoms with E-state index in [9.17, 15) is 0 Å². The standard InChI is InChI=1S/C11H7Br3S/c12-8-3-1-2-7(6-8)11(14)9-4-5-10(13)15-9/h1-6,11H. The first-order valence-corrected chi connectivity index (χ1v) is 7.63. The lowest BCUT2D eigenvalue weighted by atomic mass is 10.1. The molecule has 1 aromatic carbocycles. The second kappa shape index (κ2) is 5.13. The number of thiophene rings is 1. The summed E-state index contributed by atoms with van der Waals surface area (Å²) in [6.07, 6.45) is 0. The normalized spacial score (nSPS) is 12.7. The third-order valence-corrected chi connectivity index (χ3v) is 5.49. The molecule has 0 spiro atoms. The van der Waals surface area contributed by atoms with Crippen molar-refractivity contribution < 1.29 is 0 Å². The van der Waals surface area contributed by atoms with Crippen molar-refractivity contribution in [3.8, 4) is 0 Å². The number of benzene rings is 1. The molecule has 2 aromatic rings. The van der Waals surface area contributed by atoms with Gasteiger partial charge < -0.3 is 0 Å². The zero-order valence-electron chi connectivity index (χ0n) is 7.58. The number of halogens is 3. The molecule has 1 heterocycles. The van der Waals surface area contributed by atoms with Crippen LogP contribution < -0.4 is 0 Å². The third kappa shape index (κ3) is 2.93. The molecular formula is C11H7Br3S. The fraction of sp³-hybridized carbons (Fsp3) is 0.0909. The van der Waals surface area contributed by atoms with Gasteiger partial charge in [0, 0.05) is 9.35 Å². The lowest BCUT2D eigenvalue weighted by Crippen LogP contribution is -1.88. The van der Waals surface area contributed by atoms with Crippen molar-refractivity contribution >= 4 is 59.1 Å². The van der Waals surface area contributed by atoms with E-state index in [1.165, 1.54) is 10.4 Å². The van der Waals surface area contributed by atoms with E-state index >= 15 is 0 Å². The Balaban J connectivity index is 2.32. The summed E-state index contributed by atoms with van der Waals surface area (Å²) in [5, 5.41) is 0. The topological polar surface area (TPSA) is 0 Å². The molecule has 0 radical (unpaired) electrons. The van der Waals surface area contributed by atoms with Crippen molar-refractivity contribution in [3.63, 3.8) is 0 Å². The van der Waals surface area contributed by atoms with E-state index in [1.54, 1.807) is 11.3 Å². The van der Waals surface area contributed by atoms with Crippen LogP contribution in [0.5, 0.6) is 0 Å². The highest BCUT2D eigenvalue weighted by Gasteiger charge is 2.12. The predicted octanol–water partition coefficient (Wildman–Crippen LogP) is 5.76. The minimum atomic E-state index is 0.270. The van der Waals surface area contributed by atoms with Crippen LogP contribution in [0.3, 0.4) is 0 Å². The van der Waals surface area contributed by atoms with E-state index in [-0.39, 0.29) is 4.83 Å². The Kier molecular flexibility index (Phi) is 4.04. The van der Waals surface area contributed by atoms with Gasteiger partial charge in [-0.1, -0.05) is 44.0 Å². The van der Waals surface area contributed by atoms with Gasteiger partial charge in [-0.05, 0) is 45.8 Å². The lowest BCUT2D eigenvalue weighted by Gasteiger charge is -2.07. The average Bonchev–Trinajstić information content (AvgIpc) is 2.64. The molecule has 1 unspecified atom stereocenters. The Hall–Kier alpha value is 0.360. The molecule has 0 saturated carbocycles. The van der Waals surface area contributed by atoms with Crippen LogP contribution in [0.2, 0.25) is 0 Å². The summed E-state index contributed by atoms with van der Waals surface area (Å²) in [6, 6.07) is 12.6. The molecule has 0 aliphatic carbocycles. The zero-order valence-corrected chi connectivity index (χ0v) is 13.2. The second-order valence-corrected chi connectivity index (χ2v) is 7.39. The number of hydrogen-bond acceptors (Lipinski definition) is 1. The molecule has 0 bridgehead atoms. The molecule has 0 saturated heterocycles. The first-order chi connectivity index (χ1) is 7.16. The van der Waals surface area contributed by atoms with Gasteiger partial charge >= 0.3 is 0 Å². The van der Waals surface area contributed by atoms with Gasteiger partial charge in [0.25, 0.3) is 0 Å². The Bertz CT molecular complexity index is 464. The molecule has 0 amide bonds. The molecule has 2 rings (SSSR count). The first-order valence-electron chi connectivity index (χ1n) is 4.31. The zero-order chi connectivity index (χ0) is 10.8. The monoisotopic (exact) mass is 408 g/mol. The number of alkyl halides is 1. The molecule has 1 aromatic heterocycles. The highest BCUT2D eigenvalue weighted by atomic mass is 79.9. The lowest BCUT2D eigenvalue weighted by molar-refractivity contribution is 1.22. The van der Waals surface area contributed by atoms with E-state index < -0.39 is 0 Å². The Morgan fingerprint density at radius 3 is 2.47 bits per heavy atom. The van der Waals surface area contributed by atoms with E-state index in [4.69, 9.17) is 0 Å². The second-order valence-electron chi connectivity index (χ2n) is 3.06. The van der Waals surface area contributed by atoms with E-state index in [0.717, 1.165) is 8.26 Å². The van der Waals surface area contributed by atoms with Gasteiger partial charge in [0.1, 0.15) is 0 Å². The van der Waals surface area contributed by atoms with Crippen LogP contribution in [-0.4, -0.2) is 0 Å². The van der Waals surface area contributed by atoms with Crippen molar-refractivity contribution in [2.45, 2.75) is 4.83 Å². The maximum atomic E-state index is 3.71. The smallest absolute Gasteiger partial charge is 0.0738 e. The molecule has 0 fully saturated rings. The summed E-state index contributed by atoms with van der Waals surface area (Å²) >= 11 is 12.4. The summed E-state index contributed by atoms with van der Waals surface area (Å²) in [6.45, 7) is 0. The van der Waals surface area contributed by atoms with Crippen molar-refractivity contribution in [2.24, 2.45) is 0 Å². The summed E-state index contributed by atoms with van der Waals surface area (Å²) in [4.78, 5) is 1.58. The largest absolute Gasteiger partial charge is 0.132 e. The molecule has 0 aliphatic rings. The van der Waals surface area contributed by atoms with Crippen LogP contribution in [0, 0.1) is 0 Å². The van der Waals surface area contributed by atoms with Gasteiger partial charge in [0.05, 0.1) is 8.61 Å². The SMILES string of the molecule is Brc1cccc(C(Br)c2ccc(Br)s2)c1. The third-order valence-electron chi connectivity index (χ3n) is 1.99. The van der Waals surface area contributed by atoms with Gasteiger partial charge in [0.2, 0.25) is 0 Å². The van der Waals surface area contributed by atoms with Gasteiger partial charge in [-0.2, -0.15) is 0 Å². The number of hydrogen-bond donors (Lipinski definition) is 0. The van der Waals surface area contributed by atoms with Crippen LogP contribution in [0.25, 0.3) is 0 Å². The van der Waals surface area contributed by atoms with E-state index in [2.05, 4.69) is 78.1 Å². The van der Waals surface area contributed by atoms with Crippen LogP contribution in [0.4, 0.5) is 0 Å². The minimum absolute atomic E-state index is 0.270. The summed E-state index contributed by atoms with van der Waals surface area (Å²) in [5.74, 6) is 0. The van der Waals surface area contributed by atoms with Crippen LogP contribution in [-0.2, 0) is 0 Å². The van der Waals surface area contributed by atoms with Crippen molar-refractivity contribution in [1.82, 2.24) is 0 Å². The quantitative estimate of drug-likeness (QED) is 0.552. The Morgan fingerprint density at radius 2 is 1.87 bits per heavy atom. The maximum Gasteiger partial charge on any atom is 0.0738 e. The Morgan fingerprint density at radius 1 is 1.07 bits per heavy atom. The average molecular weight is 411 g/mol. The summed E-state index contributed by atoms with van der Waals surface area (Å²) in [7, 11) is 0. The van der Waals surface area contributed by atoms with Crippen molar-refractivity contribution in [1.29, 1.82) is 0 Å². The molecular weight excluding hydrogens is 404 g/mol. The Labute approximate surface area is 118 Å². The highest BCUT2D eigenvalue weighted by molar-refractivity contribution is 9.11. The molecule has 0 N–H and O–H groups in total.